The van der Waals surface area contributed by atoms with E-state index in [0.717, 1.165) is 16.7 Å². The topological polar surface area (TPSA) is 35.2 Å². The largest absolute Gasteiger partial charge is 0.487 e. The number of hydrogen-bond acceptors (Lipinski definition) is 2. The average molecular weight is 314 g/mol. The highest BCUT2D eigenvalue weighted by atomic mass is 35.5. The van der Waals surface area contributed by atoms with Gasteiger partial charge in [0.05, 0.1) is 5.02 Å². The minimum absolute atomic E-state index is 0.220. The Kier molecular flexibility index (Phi) is 4.86. The first-order valence-electron chi connectivity index (χ1n) is 6.07. The molecule has 2 nitrogen and oxygen atoms in total. The maximum absolute atomic E-state index is 13.2. The van der Waals surface area contributed by atoms with E-state index in [2.05, 4.69) is 0 Å². The molecule has 5 heteroatoms. The van der Waals surface area contributed by atoms with Crippen molar-refractivity contribution >= 4 is 23.2 Å². The Balaban J connectivity index is 2.25. The minimum atomic E-state index is -0.296. The standard InChI is InChI=1S/C15H14Cl2FNO/c1-9-2-3-13(18)5-11(9)8-20-15-10(7-19)4-12(16)6-14(15)17/h2-6H,7-8,19H2,1H3. The van der Waals surface area contributed by atoms with E-state index < -0.39 is 0 Å². The predicted octanol–water partition coefficient (Wildman–Crippen LogP) is 4.48. The van der Waals surface area contributed by atoms with Crippen molar-refractivity contribution in [3.05, 3.63) is 62.9 Å². The van der Waals surface area contributed by atoms with Crippen molar-refractivity contribution in [3.8, 4) is 5.75 Å². The van der Waals surface area contributed by atoms with Crippen LogP contribution >= 0.6 is 23.2 Å². The molecule has 0 heterocycles. The third kappa shape index (κ3) is 3.42. The first-order chi connectivity index (χ1) is 9.51. The Morgan fingerprint density at radius 3 is 2.60 bits per heavy atom. The molecular weight excluding hydrogens is 300 g/mol. The maximum atomic E-state index is 13.2. The predicted molar refractivity (Wildman–Crippen MR) is 79.8 cm³/mol. The maximum Gasteiger partial charge on any atom is 0.142 e. The fourth-order valence-electron chi connectivity index (χ4n) is 1.87. The fraction of sp³-hybridized carbons (Fsp3) is 0.200. The molecule has 0 fully saturated rings. The van der Waals surface area contributed by atoms with Crippen molar-refractivity contribution in [2.45, 2.75) is 20.1 Å². The Hall–Kier alpha value is -1.29. The summed E-state index contributed by atoms with van der Waals surface area (Å²) in [5.74, 6) is 0.192. The molecule has 0 spiro atoms. The van der Waals surface area contributed by atoms with E-state index in [1.807, 2.05) is 6.92 Å². The third-order valence-electron chi connectivity index (χ3n) is 2.99. The molecule has 2 aromatic rings. The Labute approximate surface area is 127 Å². The van der Waals surface area contributed by atoms with Crippen molar-refractivity contribution in [1.82, 2.24) is 0 Å². The molecule has 0 atom stereocenters. The normalized spacial score (nSPS) is 10.7. The van der Waals surface area contributed by atoms with Gasteiger partial charge in [0.15, 0.2) is 0 Å². The number of aryl methyl sites for hydroxylation is 1. The quantitative estimate of drug-likeness (QED) is 0.903. The lowest BCUT2D eigenvalue weighted by Crippen LogP contribution is -2.04. The van der Waals surface area contributed by atoms with Gasteiger partial charge >= 0.3 is 0 Å². The van der Waals surface area contributed by atoms with Crippen LogP contribution in [-0.2, 0) is 13.2 Å². The van der Waals surface area contributed by atoms with Gasteiger partial charge in [0, 0.05) is 17.1 Å². The van der Waals surface area contributed by atoms with E-state index in [9.17, 15) is 4.39 Å². The SMILES string of the molecule is Cc1ccc(F)cc1COc1c(Cl)cc(Cl)cc1CN. The fourth-order valence-corrected chi connectivity index (χ4v) is 2.46. The van der Waals surface area contributed by atoms with E-state index in [1.54, 1.807) is 18.2 Å². The molecule has 20 heavy (non-hydrogen) atoms. The highest BCUT2D eigenvalue weighted by Crippen LogP contribution is 2.33. The zero-order chi connectivity index (χ0) is 14.7. The third-order valence-corrected chi connectivity index (χ3v) is 3.49. The Bertz CT molecular complexity index is 632. The van der Waals surface area contributed by atoms with Crippen LogP contribution in [0.15, 0.2) is 30.3 Å². The van der Waals surface area contributed by atoms with Gasteiger partial charge in [0.25, 0.3) is 0 Å². The minimum Gasteiger partial charge on any atom is -0.487 e. The van der Waals surface area contributed by atoms with Crippen LogP contribution < -0.4 is 10.5 Å². The summed E-state index contributed by atoms with van der Waals surface area (Å²) in [7, 11) is 0. The molecule has 0 radical (unpaired) electrons. The second-order valence-electron chi connectivity index (χ2n) is 4.44. The van der Waals surface area contributed by atoms with Gasteiger partial charge in [0.1, 0.15) is 18.2 Å². The van der Waals surface area contributed by atoms with E-state index in [1.165, 1.54) is 12.1 Å². The molecule has 0 aromatic heterocycles. The van der Waals surface area contributed by atoms with Gasteiger partial charge < -0.3 is 10.5 Å². The Morgan fingerprint density at radius 2 is 1.90 bits per heavy atom. The number of nitrogens with two attached hydrogens (primary N) is 1. The van der Waals surface area contributed by atoms with Crippen LogP contribution in [0.25, 0.3) is 0 Å². The first kappa shape index (κ1) is 15.1. The molecule has 0 amide bonds. The van der Waals surface area contributed by atoms with Crippen molar-refractivity contribution in [2.24, 2.45) is 5.73 Å². The smallest absolute Gasteiger partial charge is 0.142 e. The number of ether oxygens (including phenoxy) is 1. The molecular formula is C15H14Cl2FNO. The number of hydrogen-bond donors (Lipinski definition) is 1. The zero-order valence-electron chi connectivity index (χ0n) is 10.9. The van der Waals surface area contributed by atoms with Crippen LogP contribution in [0.4, 0.5) is 4.39 Å². The van der Waals surface area contributed by atoms with E-state index in [-0.39, 0.29) is 19.0 Å². The summed E-state index contributed by atoms with van der Waals surface area (Å²) in [6, 6.07) is 7.87. The second kappa shape index (κ2) is 6.44. The molecule has 2 rings (SSSR count). The highest BCUT2D eigenvalue weighted by Gasteiger charge is 2.11. The molecule has 0 aliphatic carbocycles. The van der Waals surface area contributed by atoms with Crippen LogP contribution in [0.5, 0.6) is 5.75 Å². The van der Waals surface area contributed by atoms with E-state index in [0.29, 0.717) is 15.8 Å². The van der Waals surface area contributed by atoms with Crippen LogP contribution in [0.1, 0.15) is 16.7 Å². The van der Waals surface area contributed by atoms with Crippen molar-refractivity contribution < 1.29 is 9.13 Å². The van der Waals surface area contributed by atoms with Gasteiger partial charge in [-0.2, -0.15) is 0 Å². The first-order valence-corrected chi connectivity index (χ1v) is 6.82. The van der Waals surface area contributed by atoms with Crippen LogP contribution in [-0.4, -0.2) is 0 Å². The summed E-state index contributed by atoms with van der Waals surface area (Å²) in [6.45, 7) is 2.38. The molecule has 0 unspecified atom stereocenters. The van der Waals surface area contributed by atoms with Gasteiger partial charge in [-0.05, 0) is 42.3 Å². The van der Waals surface area contributed by atoms with Crippen LogP contribution in [0.3, 0.4) is 0 Å². The van der Waals surface area contributed by atoms with E-state index in [4.69, 9.17) is 33.7 Å². The lowest BCUT2D eigenvalue weighted by Gasteiger charge is -2.14. The lowest BCUT2D eigenvalue weighted by molar-refractivity contribution is 0.302. The molecule has 0 saturated carbocycles. The summed E-state index contributed by atoms with van der Waals surface area (Å²) in [4.78, 5) is 0. The van der Waals surface area contributed by atoms with Crippen molar-refractivity contribution in [2.75, 3.05) is 0 Å². The summed E-state index contributed by atoms with van der Waals surface area (Å²) >= 11 is 12.0. The van der Waals surface area contributed by atoms with Gasteiger partial charge in [-0.1, -0.05) is 29.3 Å². The summed E-state index contributed by atoms with van der Waals surface area (Å²) in [5, 5.41) is 0.900. The van der Waals surface area contributed by atoms with Gasteiger partial charge in [-0.25, -0.2) is 4.39 Å². The zero-order valence-corrected chi connectivity index (χ0v) is 12.4. The van der Waals surface area contributed by atoms with Gasteiger partial charge in [-0.15, -0.1) is 0 Å². The monoisotopic (exact) mass is 313 g/mol. The van der Waals surface area contributed by atoms with Crippen LogP contribution in [0.2, 0.25) is 10.0 Å². The van der Waals surface area contributed by atoms with Gasteiger partial charge in [-0.3, -0.25) is 0 Å². The molecule has 106 valence electrons. The summed E-state index contributed by atoms with van der Waals surface area (Å²) in [6.07, 6.45) is 0. The molecule has 0 bridgehead atoms. The number of benzene rings is 2. The molecule has 2 aromatic carbocycles. The molecule has 2 N–H and O–H groups in total. The van der Waals surface area contributed by atoms with Crippen molar-refractivity contribution in [3.63, 3.8) is 0 Å². The molecule has 0 saturated heterocycles. The molecule has 0 aliphatic rings. The number of rotatable bonds is 4. The summed E-state index contributed by atoms with van der Waals surface area (Å²) < 4.78 is 18.9. The van der Waals surface area contributed by atoms with Crippen molar-refractivity contribution in [1.29, 1.82) is 0 Å². The second-order valence-corrected chi connectivity index (χ2v) is 5.28. The van der Waals surface area contributed by atoms with E-state index >= 15 is 0 Å². The highest BCUT2D eigenvalue weighted by molar-refractivity contribution is 6.35. The summed E-state index contributed by atoms with van der Waals surface area (Å²) in [5.41, 5.74) is 8.09. The lowest BCUT2D eigenvalue weighted by atomic mass is 10.1. The van der Waals surface area contributed by atoms with Gasteiger partial charge in [0.2, 0.25) is 0 Å². The average Bonchev–Trinajstić information content (AvgIpc) is 2.40. The number of halogens is 3. The molecule has 0 aliphatic heterocycles. The Morgan fingerprint density at radius 1 is 1.15 bits per heavy atom. The van der Waals surface area contributed by atoms with Crippen LogP contribution in [0, 0.1) is 12.7 Å².